The third-order valence-electron chi connectivity index (χ3n) is 3.73. The zero-order chi connectivity index (χ0) is 17.9. The van der Waals surface area contributed by atoms with E-state index in [2.05, 4.69) is 15.6 Å². The maximum Gasteiger partial charge on any atom is 0.252 e. The number of nitrogens with zero attached hydrogens (tertiary/aromatic N) is 1. The topological polar surface area (TPSA) is 71.1 Å². The number of amides is 2. The number of benzene rings is 1. The lowest BCUT2D eigenvalue weighted by Crippen LogP contribution is -2.43. The molecule has 0 aliphatic heterocycles. The van der Waals surface area contributed by atoms with Crippen LogP contribution in [-0.2, 0) is 10.3 Å². The molecule has 1 atom stereocenters. The van der Waals surface area contributed by atoms with Gasteiger partial charge in [-0.15, -0.1) is 11.3 Å². The van der Waals surface area contributed by atoms with E-state index in [9.17, 15) is 14.0 Å². The van der Waals surface area contributed by atoms with Crippen molar-refractivity contribution in [2.75, 3.05) is 5.32 Å². The van der Waals surface area contributed by atoms with Crippen molar-refractivity contribution in [3.8, 4) is 0 Å². The minimum Gasteiger partial charge on any atom is -0.340 e. The molecule has 0 bridgehead atoms. The predicted molar refractivity (Wildman–Crippen MR) is 92.7 cm³/mol. The first-order valence-corrected chi connectivity index (χ1v) is 8.45. The van der Waals surface area contributed by atoms with E-state index in [0.29, 0.717) is 6.42 Å². The van der Waals surface area contributed by atoms with Gasteiger partial charge in [0.1, 0.15) is 10.8 Å². The third-order valence-corrected chi connectivity index (χ3v) is 4.95. The fourth-order valence-corrected chi connectivity index (χ4v) is 3.16. The Labute approximate surface area is 144 Å². The second kappa shape index (κ2) is 7.09. The second-order valence-corrected chi connectivity index (χ2v) is 6.67. The summed E-state index contributed by atoms with van der Waals surface area (Å²) in [5, 5.41) is 8.09. The second-order valence-electron chi connectivity index (χ2n) is 5.81. The summed E-state index contributed by atoms with van der Waals surface area (Å²) in [7, 11) is 0. The molecule has 1 aromatic heterocycles. The Morgan fingerprint density at radius 3 is 2.62 bits per heavy atom. The van der Waals surface area contributed by atoms with Crippen LogP contribution >= 0.6 is 11.3 Å². The van der Waals surface area contributed by atoms with Gasteiger partial charge in [-0.25, -0.2) is 9.37 Å². The summed E-state index contributed by atoms with van der Waals surface area (Å²) >= 11 is 1.49. The van der Waals surface area contributed by atoms with Crippen molar-refractivity contribution in [2.45, 2.75) is 39.7 Å². The Kier molecular flexibility index (Phi) is 5.33. The summed E-state index contributed by atoms with van der Waals surface area (Å²) in [4.78, 5) is 28.2. The molecule has 1 heterocycles. The molecule has 0 aliphatic carbocycles. The van der Waals surface area contributed by atoms with E-state index in [0.717, 1.165) is 16.8 Å². The number of nitrogens with one attached hydrogen (secondary N) is 2. The fourth-order valence-electron chi connectivity index (χ4n) is 2.18. The zero-order valence-electron chi connectivity index (χ0n) is 14.1. The first-order valence-electron chi connectivity index (χ1n) is 7.57. The van der Waals surface area contributed by atoms with Crippen LogP contribution in [0, 0.1) is 12.7 Å². The van der Waals surface area contributed by atoms with Crippen molar-refractivity contribution in [2.24, 2.45) is 0 Å². The monoisotopic (exact) mass is 349 g/mol. The molecule has 24 heavy (non-hydrogen) atoms. The van der Waals surface area contributed by atoms with Crippen molar-refractivity contribution in [3.05, 3.63) is 45.7 Å². The van der Waals surface area contributed by atoms with Gasteiger partial charge in [0.15, 0.2) is 0 Å². The van der Waals surface area contributed by atoms with Crippen molar-refractivity contribution in [1.29, 1.82) is 0 Å². The molecule has 0 radical (unpaired) electrons. The number of thiazole rings is 1. The van der Waals surface area contributed by atoms with Gasteiger partial charge >= 0.3 is 0 Å². The summed E-state index contributed by atoms with van der Waals surface area (Å²) in [5.41, 5.74) is 0.545. The number of aryl methyl sites for hydroxylation is 1. The first-order chi connectivity index (χ1) is 11.2. The van der Waals surface area contributed by atoms with Crippen LogP contribution in [0.15, 0.2) is 23.6 Å². The molecule has 2 N–H and O–H groups in total. The van der Waals surface area contributed by atoms with Gasteiger partial charge in [-0.05, 0) is 38.5 Å². The van der Waals surface area contributed by atoms with Crippen LogP contribution in [0.1, 0.15) is 48.3 Å². The average Bonchev–Trinajstić information content (AvgIpc) is 2.96. The van der Waals surface area contributed by atoms with E-state index in [1.807, 2.05) is 26.2 Å². The Morgan fingerprint density at radius 2 is 2.08 bits per heavy atom. The quantitative estimate of drug-likeness (QED) is 0.866. The van der Waals surface area contributed by atoms with Crippen molar-refractivity contribution >= 4 is 28.8 Å². The summed E-state index contributed by atoms with van der Waals surface area (Å²) in [6.45, 7) is 7.05. The number of carbonyl (C=O) groups excluding carboxylic acids is 2. The van der Waals surface area contributed by atoms with Gasteiger partial charge in [0.05, 0.1) is 11.2 Å². The number of anilines is 1. The highest BCUT2D eigenvalue weighted by Crippen LogP contribution is 2.28. The lowest BCUT2D eigenvalue weighted by Gasteiger charge is -2.27. The average molecular weight is 349 g/mol. The van der Waals surface area contributed by atoms with E-state index in [-0.39, 0.29) is 17.2 Å². The highest BCUT2D eigenvalue weighted by atomic mass is 32.1. The van der Waals surface area contributed by atoms with Crippen LogP contribution < -0.4 is 10.6 Å². The molecular formula is C17H20FN3O2S. The molecular weight excluding hydrogens is 329 g/mol. The summed E-state index contributed by atoms with van der Waals surface area (Å²) in [6.07, 6.45) is 0.658. The predicted octanol–water partition coefficient (Wildman–Crippen LogP) is 3.60. The molecule has 2 rings (SSSR count). The van der Waals surface area contributed by atoms with E-state index in [1.165, 1.54) is 30.4 Å². The number of hydrogen-bond donors (Lipinski definition) is 2. The number of rotatable bonds is 5. The standard InChI is InChI=1S/C17H20FN3O2S/c1-5-17(4,16-19-10(2)9-24-16)21-15(23)12-6-7-13(18)14(8-12)20-11(3)22/h6-9H,5H2,1-4H3,(H,20,22)(H,21,23)/t17-/m0/s1. The molecule has 128 valence electrons. The van der Waals surface area contributed by atoms with Crippen LogP contribution in [0.25, 0.3) is 0 Å². The van der Waals surface area contributed by atoms with Crippen molar-refractivity contribution in [1.82, 2.24) is 10.3 Å². The Balaban J connectivity index is 2.26. The highest BCUT2D eigenvalue weighted by molar-refractivity contribution is 7.09. The largest absolute Gasteiger partial charge is 0.340 e. The van der Waals surface area contributed by atoms with Gasteiger partial charge < -0.3 is 10.6 Å². The van der Waals surface area contributed by atoms with Crippen molar-refractivity contribution in [3.63, 3.8) is 0 Å². The summed E-state index contributed by atoms with van der Waals surface area (Å²) in [5.74, 6) is -1.34. The normalized spacial score (nSPS) is 13.2. The van der Waals surface area contributed by atoms with Crippen LogP contribution in [0.4, 0.5) is 10.1 Å². The summed E-state index contributed by atoms with van der Waals surface area (Å²) in [6, 6.07) is 3.88. The van der Waals surface area contributed by atoms with E-state index < -0.39 is 17.3 Å². The van der Waals surface area contributed by atoms with E-state index in [1.54, 1.807) is 0 Å². The smallest absolute Gasteiger partial charge is 0.252 e. The lowest BCUT2D eigenvalue weighted by molar-refractivity contribution is -0.114. The van der Waals surface area contributed by atoms with Crippen molar-refractivity contribution < 1.29 is 14.0 Å². The Bertz CT molecular complexity index is 775. The van der Waals surface area contributed by atoms with Gasteiger partial charge in [-0.3, -0.25) is 9.59 Å². The van der Waals surface area contributed by atoms with Crippen LogP contribution in [-0.4, -0.2) is 16.8 Å². The zero-order valence-corrected chi connectivity index (χ0v) is 14.9. The van der Waals surface area contributed by atoms with Gasteiger partial charge in [-0.2, -0.15) is 0 Å². The number of aromatic nitrogens is 1. The highest BCUT2D eigenvalue weighted by Gasteiger charge is 2.30. The molecule has 0 fully saturated rings. The third kappa shape index (κ3) is 3.97. The maximum atomic E-state index is 13.7. The first kappa shape index (κ1) is 18.1. The number of halogens is 1. The van der Waals surface area contributed by atoms with Gasteiger partial charge in [-0.1, -0.05) is 6.92 Å². The molecule has 5 nitrogen and oxygen atoms in total. The van der Waals surface area contributed by atoms with E-state index >= 15 is 0 Å². The minimum atomic E-state index is -0.613. The molecule has 1 aromatic carbocycles. The number of carbonyl (C=O) groups is 2. The van der Waals surface area contributed by atoms with Crippen LogP contribution in [0.3, 0.4) is 0 Å². The minimum absolute atomic E-state index is 0.0153. The Hall–Kier alpha value is -2.28. The van der Waals surface area contributed by atoms with Crippen LogP contribution in [0.5, 0.6) is 0 Å². The molecule has 2 aromatic rings. The van der Waals surface area contributed by atoms with Gasteiger partial charge in [0.25, 0.3) is 5.91 Å². The maximum absolute atomic E-state index is 13.7. The van der Waals surface area contributed by atoms with E-state index in [4.69, 9.17) is 0 Å². The SMILES string of the molecule is CC[C@](C)(NC(=O)c1ccc(F)c(NC(C)=O)c1)c1nc(C)cs1. The Morgan fingerprint density at radius 1 is 1.38 bits per heavy atom. The molecule has 0 aliphatic rings. The molecule has 0 unspecified atom stereocenters. The molecule has 7 heteroatoms. The molecule has 0 saturated heterocycles. The van der Waals surface area contributed by atoms with Gasteiger partial charge in [0.2, 0.25) is 5.91 Å². The summed E-state index contributed by atoms with van der Waals surface area (Å²) < 4.78 is 13.7. The van der Waals surface area contributed by atoms with Gasteiger partial charge in [0, 0.05) is 23.6 Å². The molecule has 0 spiro atoms. The molecule has 2 amide bonds. The van der Waals surface area contributed by atoms with Crippen LogP contribution in [0.2, 0.25) is 0 Å². The lowest BCUT2D eigenvalue weighted by atomic mass is 9.99. The molecule has 0 saturated carbocycles. The fraction of sp³-hybridized carbons (Fsp3) is 0.353. The number of hydrogen-bond acceptors (Lipinski definition) is 4.